The first-order chi connectivity index (χ1) is 6.59. The van der Waals surface area contributed by atoms with E-state index in [1.54, 1.807) is 11.1 Å². The lowest BCUT2D eigenvalue weighted by Gasteiger charge is -2.25. The molecule has 1 heterocycles. The number of hydrogen-bond donors (Lipinski definition) is 1. The molecule has 1 aliphatic rings. The Morgan fingerprint density at radius 1 is 1.21 bits per heavy atom. The number of rotatable bonds is 5. The molecule has 0 spiro atoms. The van der Waals surface area contributed by atoms with Crippen molar-refractivity contribution >= 4 is 0 Å². The van der Waals surface area contributed by atoms with Gasteiger partial charge in [0.1, 0.15) is 0 Å². The Morgan fingerprint density at radius 3 is 2.29 bits per heavy atom. The first kappa shape index (κ1) is 11.7. The molecule has 0 atom stereocenters. The first-order valence-electron chi connectivity index (χ1n) is 5.31. The SMILES string of the molecule is CC(CN(C)CCN(C)C)=C1CNC1. The smallest absolute Gasteiger partial charge is 0.0191 e. The van der Waals surface area contributed by atoms with Gasteiger partial charge in [0.2, 0.25) is 0 Å². The highest BCUT2D eigenvalue weighted by molar-refractivity contribution is 5.22. The van der Waals surface area contributed by atoms with Crippen LogP contribution in [0.15, 0.2) is 11.1 Å². The van der Waals surface area contributed by atoms with Crippen LogP contribution in [-0.2, 0) is 0 Å². The van der Waals surface area contributed by atoms with Gasteiger partial charge in [-0.3, -0.25) is 0 Å². The number of nitrogens with one attached hydrogen (secondary N) is 1. The fourth-order valence-electron chi connectivity index (χ4n) is 1.52. The van der Waals surface area contributed by atoms with Crippen molar-refractivity contribution in [2.24, 2.45) is 0 Å². The minimum atomic E-state index is 1.10. The number of hydrogen-bond acceptors (Lipinski definition) is 3. The Morgan fingerprint density at radius 2 is 1.86 bits per heavy atom. The van der Waals surface area contributed by atoms with Gasteiger partial charge in [-0.1, -0.05) is 5.57 Å². The zero-order chi connectivity index (χ0) is 10.6. The summed E-state index contributed by atoms with van der Waals surface area (Å²) in [5.74, 6) is 0. The Hall–Kier alpha value is -0.380. The summed E-state index contributed by atoms with van der Waals surface area (Å²) >= 11 is 0. The quantitative estimate of drug-likeness (QED) is 0.644. The fraction of sp³-hybridized carbons (Fsp3) is 0.818. The van der Waals surface area contributed by atoms with Gasteiger partial charge in [-0.05, 0) is 33.6 Å². The van der Waals surface area contributed by atoms with Gasteiger partial charge in [0.05, 0.1) is 0 Å². The Bertz CT molecular complexity index is 203. The van der Waals surface area contributed by atoms with Crippen molar-refractivity contribution in [3.8, 4) is 0 Å². The van der Waals surface area contributed by atoms with Crippen molar-refractivity contribution in [1.29, 1.82) is 0 Å². The molecule has 82 valence electrons. The lowest BCUT2D eigenvalue weighted by molar-refractivity contribution is 0.296. The molecule has 0 saturated carbocycles. The van der Waals surface area contributed by atoms with Crippen molar-refractivity contribution < 1.29 is 0 Å². The summed E-state index contributed by atoms with van der Waals surface area (Å²) in [5.41, 5.74) is 3.15. The van der Waals surface area contributed by atoms with Crippen molar-refractivity contribution in [2.75, 3.05) is 53.9 Å². The second-order valence-corrected chi connectivity index (χ2v) is 4.53. The molecule has 1 rings (SSSR count). The van der Waals surface area contributed by atoms with Crippen LogP contribution in [0.25, 0.3) is 0 Å². The summed E-state index contributed by atoms with van der Waals surface area (Å²) in [7, 11) is 6.43. The van der Waals surface area contributed by atoms with Crippen LogP contribution < -0.4 is 5.32 Å². The molecule has 0 radical (unpaired) electrons. The average molecular weight is 197 g/mol. The zero-order valence-electron chi connectivity index (χ0n) is 9.93. The van der Waals surface area contributed by atoms with E-state index in [0.29, 0.717) is 0 Å². The van der Waals surface area contributed by atoms with Crippen LogP contribution in [0, 0.1) is 0 Å². The third-order valence-corrected chi connectivity index (χ3v) is 2.72. The lowest BCUT2D eigenvalue weighted by atomic mass is 10.0. The predicted octanol–water partition coefficient (Wildman–Crippen LogP) is 0.400. The van der Waals surface area contributed by atoms with Gasteiger partial charge in [0.15, 0.2) is 0 Å². The molecule has 1 saturated heterocycles. The molecule has 1 N–H and O–H groups in total. The van der Waals surface area contributed by atoms with E-state index in [1.807, 2.05) is 0 Å². The number of nitrogens with zero attached hydrogens (tertiary/aromatic N) is 2. The van der Waals surface area contributed by atoms with E-state index in [9.17, 15) is 0 Å². The minimum Gasteiger partial charge on any atom is -0.309 e. The van der Waals surface area contributed by atoms with E-state index < -0.39 is 0 Å². The maximum absolute atomic E-state index is 3.28. The van der Waals surface area contributed by atoms with Crippen LogP contribution in [0.1, 0.15) is 6.92 Å². The van der Waals surface area contributed by atoms with Crippen molar-refractivity contribution in [1.82, 2.24) is 15.1 Å². The molecule has 1 fully saturated rings. The van der Waals surface area contributed by atoms with Gasteiger partial charge in [0, 0.05) is 32.7 Å². The molecule has 0 bridgehead atoms. The molecular formula is C11H23N3. The van der Waals surface area contributed by atoms with E-state index in [2.05, 4.69) is 43.2 Å². The normalized spacial score (nSPS) is 16.3. The van der Waals surface area contributed by atoms with Crippen LogP contribution in [0.3, 0.4) is 0 Å². The monoisotopic (exact) mass is 197 g/mol. The van der Waals surface area contributed by atoms with Crippen LogP contribution >= 0.6 is 0 Å². The highest BCUT2D eigenvalue weighted by atomic mass is 15.1. The van der Waals surface area contributed by atoms with Crippen LogP contribution in [0.2, 0.25) is 0 Å². The van der Waals surface area contributed by atoms with Crippen molar-refractivity contribution in [3.63, 3.8) is 0 Å². The number of likely N-dealkylation sites (N-methyl/N-ethyl adjacent to an activating group) is 2. The molecule has 3 nitrogen and oxygen atoms in total. The van der Waals surface area contributed by atoms with Gasteiger partial charge in [-0.25, -0.2) is 0 Å². The largest absolute Gasteiger partial charge is 0.309 e. The molecule has 3 heteroatoms. The van der Waals surface area contributed by atoms with E-state index in [1.165, 1.54) is 0 Å². The first-order valence-corrected chi connectivity index (χ1v) is 5.31. The molecule has 0 unspecified atom stereocenters. The van der Waals surface area contributed by atoms with Crippen LogP contribution in [0.5, 0.6) is 0 Å². The minimum absolute atomic E-state index is 1.10. The third-order valence-electron chi connectivity index (χ3n) is 2.72. The van der Waals surface area contributed by atoms with Crippen molar-refractivity contribution in [3.05, 3.63) is 11.1 Å². The van der Waals surface area contributed by atoms with E-state index in [0.717, 1.165) is 32.7 Å². The second-order valence-electron chi connectivity index (χ2n) is 4.53. The van der Waals surface area contributed by atoms with Crippen LogP contribution in [-0.4, -0.2) is 63.7 Å². The highest BCUT2D eigenvalue weighted by Crippen LogP contribution is 2.09. The molecule has 1 aliphatic heterocycles. The summed E-state index contributed by atoms with van der Waals surface area (Å²) in [4.78, 5) is 4.62. The summed E-state index contributed by atoms with van der Waals surface area (Å²) in [6.07, 6.45) is 0. The predicted molar refractivity (Wildman–Crippen MR) is 61.6 cm³/mol. The molecule has 0 aliphatic carbocycles. The maximum atomic E-state index is 3.28. The standard InChI is InChI=1S/C11H23N3/c1-10(11-7-12-8-11)9-14(4)6-5-13(2)3/h12H,5-9H2,1-4H3. The van der Waals surface area contributed by atoms with Gasteiger partial charge in [-0.2, -0.15) is 0 Å². The van der Waals surface area contributed by atoms with E-state index in [4.69, 9.17) is 0 Å². The molecule has 0 aromatic rings. The Labute approximate surface area is 87.8 Å². The van der Waals surface area contributed by atoms with Crippen LogP contribution in [0.4, 0.5) is 0 Å². The highest BCUT2D eigenvalue weighted by Gasteiger charge is 2.11. The molecule has 14 heavy (non-hydrogen) atoms. The van der Waals surface area contributed by atoms with Crippen molar-refractivity contribution in [2.45, 2.75) is 6.92 Å². The van der Waals surface area contributed by atoms with E-state index >= 15 is 0 Å². The zero-order valence-corrected chi connectivity index (χ0v) is 9.93. The van der Waals surface area contributed by atoms with Gasteiger partial charge in [0.25, 0.3) is 0 Å². The fourth-order valence-corrected chi connectivity index (χ4v) is 1.52. The topological polar surface area (TPSA) is 18.5 Å². The lowest BCUT2D eigenvalue weighted by Crippen LogP contribution is -2.37. The Kier molecular flexibility index (Phi) is 4.58. The molecule has 0 aromatic carbocycles. The molecule has 0 amide bonds. The Balaban J connectivity index is 2.22. The van der Waals surface area contributed by atoms with Gasteiger partial charge >= 0.3 is 0 Å². The van der Waals surface area contributed by atoms with Gasteiger partial charge in [-0.15, -0.1) is 0 Å². The summed E-state index contributed by atoms with van der Waals surface area (Å²) in [6, 6.07) is 0. The summed E-state index contributed by atoms with van der Waals surface area (Å²) < 4.78 is 0. The molecule has 0 aromatic heterocycles. The third kappa shape index (κ3) is 3.78. The van der Waals surface area contributed by atoms with Gasteiger partial charge < -0.3 is 15.1 Å². The summed E-state index contributed by atoms with van der Waals surface area (Å²) in [5, 5.41) is 3.28. The van der Waals surface area contributed by atoms with E-state index in [-0.39, 0.29) is 0 Å². The summed E-state index contributed by atoms with van der Waals surface area (Å²) in [6.45, 7) is 7.86. The average Bonchev–Trinajstić information content (AvgIpc) is 1.97. The molecular weight excluding hydrogens is 174 g/mol. The second kappa shape index (κ2) is 5.49. The maximum Gasteiger partial charge on any atom is 0.0191 e.